The summed E-state index contributed by atoms with van der Waals surface area (Å²) in [6, 6.07) is 13.7. The molecule has 0 radical (unpaired) electrons. The number of hydrogen-bond acceptors (Lipinski definition) is 3. The minimum atomic E-state index is -0.469. The van der Waals surface area contributed by atoms with Crippen LogP contribution < -0.4 is 11.1 Å². The van der Waals surface area contributed by atoms with E-state index in [9.17, 15) is 4.79 Å². The van der Waals surface area contributed by atoms with Crippen molar-refractivity contribution in [3.63, 3.8) is 0 Å². The van der Waals surface area contributed by atoms with E-state index in [1.165, 1.54) is 5.56 Å². The fraction of sp³-hybridized carbons (Fsp3) is 0.263. The normalized spacial score (nSPS) is 21.6. The number of carbonyl (C=O) groups excluding carboxylic acids is 1. The van der Waals surface area contributed by atoms with Crippen LogP contribution in [0.2, 0.25) is 0 Å². The molecule has 3 N–H and O–H groups in total. The van der Waals surface area contributed by atoms with Crippen molar-refractivity contribution in [3.05, 3.63) is 59.8 Å². The number of primary amides is 1. The van der Waals surface area contributed by atoms with Crippen LogP contribution in [0.1, 0.15) is 36.1 Å². The number of aromatic nitrogens is 2. The van der Waals surface area contributed by atoms with E-state index in [-0.39, 0.29) is 6.52 Å². The van der Waals surface area contributed by atoms with E-state index in [1.807, 2.05) is 30.5 Å². The van der Waals surface area contributed by atoms with Gasteiger partial charge in [0, 0.05) is 19.5 Å². The molecule has 0 saturated carbocycles. The molecule has 0 spiro atoms. The lowest BCUT2D eigenvalue weighted by molar-refractivity contribution is 0.100. The third-order valence-electron chi connectivity index (χ3n) is 4.60. The number of nitrogens with zero attached hydrogens (tertiary/aromatic N) is 2. The number of fused-ring (bicyclic) bond motifs is 1. The lowest BCUT2D eigenvalue weighted by Gasteiger charge is -2.23. The average molecular weight is 321 g/mol. The number of carbonyl (C=O) groups is 1. The molecular formula is C19H20N4O. The fourth-order valence-electron chi connectivity index (χ4n) is 3.27. The number of hydrogen-bond donors (Lipinski definition) is 2. The predicted molar refractivity (Wildman–Crippen MR) is 94.4 cm³/mol. The Morgan fingerprint density at radius 3 is 2.83 bits per heavy atom. The highest BCUT2D eigenvalue weighted by Crippen LogP contribution is 2.25. The zero-order chi connectivity index (χ0) is 17.4. The number of piperidine rings is 1. The van der Waals surface area contributed by atoms with Gasteiger partial charge in [0.15, 0.2) is 0 Å². The zero-order valence-electron chi connectivity index (χ0n) is 14.3. The lowest BCUT2D eigenvalue weighted by Crippen LogP contribution is -2.28. The first-order valence-electron chi connectivity index (χ1n) is 8.74. The van der Waals surface area contributed by atoms with Gasteiger partial charge < -0.3 is 11.1 Å². The van der Waals surface area contributed by atoms with Crippen molar-refractivity contribution >= 4 is 16.8 Å². The van der Waals surface area contributed by atoms with Gasteiger partial charge in [-0.3, -0.25) is 4.79 Å². The summed E-state index contributed by atoms with van der Waals surface area (Å²) in [4.78, 5) is 11.6. The number of amides is 1. The molecule has 1 aliphatic heterocycles. The van der Waals surface area contributed by atoms with Gasteiger partial charge in [-0.05, 0) is 49.0 Å². The highest BCUT2D eigenvalue weighted by Gasteiger charge is 2.15. The smallest absolute Gasteiger partial charge is 0.250 e. The summed E-state index contributed by atoms with van der Waals surface area (Å²) in [7, 11) is 0. The van der Waals surface area contributed by atoms with E-state index < -0.39 is 5.91 Å². The molecule has 2 aromatic carbocycles. The van der Waals surface area contributed by atoms with Crippen molar-refractivity contribution < 1.29 is 6.17 Å². The fourth-order valence-corrected chi connectivity index (χ4v) is 3.27. The minimum absolute atomic E-state index is 0.133. The SMILES string of the molecule is [2H]C1CC[C@@H](c2ccc(-n3cc4cccc(C(N)=O)c4n3)cc2)CN1. The maximum Gasteiger partial charge on any atom is 0.250 e. The van der Waals surface area contributed by atoms with Crippen molar-refractivity contribution in [3.8, 4) is 5.69 Å². The first-order valence-corrected chi connectivity index (χ1v) is 8.16. The monoisotopic (exact) mass is 321 g/mol. The van der Waals surface area contributed by atoms with Crippen LogP contribution in [0.4, 0.5) is 0 Å². The van der Waals surface area contributed by atoms with Gasteiger partial charge in [0.2, 0.25) is 0 Å². The van der Waals surface area contributed by atoms with Crippen molar-refractivity contribution in [1.82, 2.24) is 15.1 Å². The second-order valence-electron chi connectivity index (χ2n) is 6.16. The average Bonchev–Trinajstić information content (AvgIpc) is 3.06. The first kappa shape index (κ1) is 13.7. The quantitative estimate of drug-likeness (QED) is 0.779. The standard InChI is InChI=1S/C19H20N4O/c20-19(24)17-5-1-3-15-12-23(22-18(15)17)16-8-6-13(7-9-16)14-4-2-10-21-11-14/h1,3,5-9,12,14,21H,2,4,10-11H2,(H2,20,24)/t14-/m1/s1/i10D/t10?,14-. The molecule has 1 unspecified atom stereocenters. The third-order valence-corrected chi connectivity index (χ3v) is 4.60. The number of rotatable bonds is 3. The van der Waals surface area contributed by atoms with Crippen LogP contribution >= 0.6 is 0 Å². The lowest BCUT2D eigenvalue weighted by atomic mass is 9.92. The Morgan fingerprint density at radius 1 is 1.29 bits per heavy atom. The maximum absolute atomic E-state index is 11.6. The minimum Gasteiger partial charge on any atom is -0.366 e. The van der Waals surface area contributed by atoms with Gasteiger partial charge in [0.05, 0.1) is 11.3 Å². The third kappa shape index (κ3) is 2.67. The molecule has 5 heteroatoms. The number of nitrogens with two attached hydrogens (primary N) is 1. The molecule has 4 rings (SSSR count). The zero-order valence-corrected chi connectivity index (χ0v) is 13.3. The van der Waals surface area contributed by atoms with Crippen LogP contribution in [-0.4, -0.2) is 28.8 Å². The van der Waals surface area contributed by atoms with E-state index in [0.717, 1.165) is 30.5 Å². The van der Waals surface area contributed by atoms with Crippen molar-refractivity contribution in [2.24, 2.45) is 5.73 Å². The topological polar surface area (TPSA) is 72.9 Å². The van der Waals surface area contributed by atoms with E-state index in [4.69, 9.17) is 7.10 Å². The van der Waals surface area contributed by atoms with Crippen LogP contribution in [-0.2, 0) is 0 Å². The van der Waals surface area contributed by atoms with Gasteiger partial charge in [-0.15, -0.1) is 0 Å². The van der Waals surface area contributed by atoms with E-state index in [2.05, 4.69) is 22.5 Å². The van der Waals surface area contributed by atoms with Crippen molar-refractivity contribution in [2.45, 2.75) is 18.8 Å². The molecule has 3 aromatic rings. The van der Waals surface area contributed by atoms with Crippen LogP contribution in [0.3, 0.4) is 0 Å². The second-order valence-corrected chi connectivity index (χ2v) is 6.16. The van der Waals surface area contributed by atoms with Crippen LogP contribution in [0, 0.1) is 0 Å². The summed E-state index contributed by atoms with van der Waals surface area (Å²) in [5, 5.41) is 8.64. The van der Waals surface area contributed by atoms with Gasteiger partial charge in [-0.25, -0.2) is 4.68 Å². The Morgan fingerprint density at radius 2 is 2.12 bits per heavy atom. The van der Waals surface area contributed by atoms with Gasteiger partial charge in [-0.2, -0.15) is 5.10 Å². The molecule has 24 heavy (non-hydrogen) atoms. The summed E-state index contributed by atoms with van der Waals surface area (Å²) in [6.07, 6.45) is 3.82. The Labute approximate surface area is 141 Å². The molecule has 5 nitrogen and oxygen atoms in total. The second kappa shape index (κ2) is 6.09. The molecule has 1 aliphatic rings. The predicted octanol–water partition coefficient (Wildman–Crippen LogP) is 2.59. The van der Waals surface area contributed by atoms with Crippen LogP contribution in [0.15, 0.2) is 48.7 Å². The van der Waals surface area contributed by atoms with E-state index in [1.54, 1.807) is 10.7 Å². The Hall–Kier alpha value is -2.66. The highest BCUT2D eigenvalue weighted by molar-refractivity contribution is 6.04. The first-order chi connectivity index (χ1) is 12.1. The Bertz CT molecular complexity index is 911. The number of nitrogens with one attached hydrogen (secondary N) is 1. The summed E-state index contributed by atoms with van der Waals surface area (Å²) in [6.45, 7) is 0.715. The van der Waals surface area contributed by atoms with Crippen molar-refractivity contribution in [2.75, 3.05) is 13.1 Å². The largest absolute Gasteiger partial charge is 0.366 e. The Balaban J connectivity index is 1.63. The molecular weight excluding hydrogens is 300 g/mol. The summed E-state index contributed by atoms with van der Waals surface area (Å²) in [5.41, 5.74) is 8.71. The molecule has 2 atom stereocenters. The molecule has 1 aromatic heterocycles. The summed E-state index contributed by atoms with van der Waals surface area (Å²) in [5.74, 6) is -0.0162. The molecule has 0 bridgehead atoms. The molecule has 1 amide bonds. The van der Waals surface area contributed by atoms with E-state index in [0.29, 0.717) is 17.0 Å². The van der Waals surface area contributed by atoms with Crippen LogP contribution in [0.5, 0.6) is 0 Å². The summed E-state index contributed by atoms with van der Waals surface area (Å²) < 4.78 is 9.49. The molecule has 1 saturated heterocycles. The molecule has 2 heterocycles. The molecule has 1 fully saturated rings. The van der Waals surface area contributed by atoms with Gasteiger partial charge >= 0.3 is 0 Å². The Kier molecular flexibility index (Phi) is 3.49. The maximum atomic E-state index is 11.6. The van der Waals surface area contributed by atoms with Crippen LogP contribution in [0.25, 0.3) is 16.6 Å². The summed E-state index contributed by atoms with van der Waals surface area (Å²) >= 11 is 0. The molecule has 0 aliphatic carbocycles. The van der Waals surface area contributed by atoms with Gasteiger partial charge in [0.25, 0.3) is 5.91 Å². The van der Waals surface area contributed by atoms with Gasteiger partial charge in [0.1, 0.15) is 5.52 Å². The van der Waals surface area contributed by atoms with E-state index >= 15 is 0 Å². The highest BCUT2D eigenvalue weighted by atomic mass is 16.1. The van der Waals surface area contributed by atoms with Gasteiger partial charge in [-0.1, -0.05) is 24.3 Å². The molecule has 122 valence electrons. The number of benzene rings is 2. The van der Waals surface area contributed by atoms with Crippen molar-refractivity contribution in [1.29, 1.82) is 0 Å².